The second-order valence-corrected chi connectivity index (χ2v) is 5.95. The Labute approximate surface area is 132 Å². The zero-order valence-corrected chi connectivity index (χ0v) is 13.0. The number of para-hydroxylation sites is 1. The SMILES string of the molecule is C=C(C)CN1C(=O)CSc2nnc(COc3ccccc3)n21. The number of rotatable bonds is 5. The maximum Gasteiger partial charge on any atom is 0.252 e. The molecule has 1 aromatic heterocycles. The number of benzene rings is 1. The highest BCUT2D eigenvalue weighted by Crippen LogP contribution is 2.24. The molecule has 0 unspecified atom stereocenters. The third-order valence-corrected chi connectivity index (χ3v) is 3.97. The van der Waals surface area contributed by atoms with E-state index >= 15 is 0 Å². The molecule has 0 aliphatic carbocycles. The number of amides is 1. The largest absolute Gasteiger partial charge is 0.486 e. The van der Waals surface area contributed by atoms with E-state index < -0.39 is 0 Å². The van der Waals surface area contributed by atoms with Crippen LogP contribution in [0.15, 0.2) is 47.6 Å². The highest BCUT2D eigenvalue weighted by atomic mass is 32.2. The summed E-state index contributed by atoms with van der Waals surface area (Å²) in [5, 5.41) is 10.6. The van der Waals surface area contributed by atoms with Crippen molar-refractivity contribution in [2.24, 2.45) is 0 Å². The Bertz CT molecular complexity index is 699. The normalized spacial score (nSPS) is 13.9. The van der Waals surface area contributed by atoms with Crippen molar-refractivity contribution >= 4 is 17.7 Å². The second kappa shape index (κ2) is 6.23. The van der Waals surface area contributed by atoms with Crippen molar-refractivity contribution in [2.45, 2.75) is 18.7 Å². The lowest BCUT2D eigenvalue weighted by molar-refractivity contribution is -0.118. The first kappa shape index (κ1) is 14.6. The van der Waals surface area contributed by atoms with Gasteiger partial charge in [0.1, 0.15) is 12.4 Å². The Morgan fingerprint density at radius 2 is 2.14 bits per heavy atom. The van der Waals surface area contributed by atoms with E-state index in [1.54, 1.807) is 9.69 Å². The van der Waals surface area contributed by atoms with Crippen LogP contribution in [0.1, 0.15) is 12.7 Å². The predicted octanol–water partition coefficient (Wildman–Crippen LogP) is 2.00. The van der Waals surface area contributed by atoms with Crippen molar-refractivity contribution in [2.75, 3.05) is 17.3 Å². The summed E-state index contributed by atoms with van der Waals surface area (Å²) in [7, 11) is 0. The first-order chi connectivity index (χ1) is 10.6. The third-order valence-electron chi connectivity index (χ3n) is 3.06. The summed E-state index contributed by atoms with van der Waals surface area (Å²) in [4.78, 5) is 12.2. The van der Waals surface area contributed by atoms with Gasteiger partial charge < -0.3 is 4.74 Å². The van der Waals surface area contributed by atoms with Crippen LogP contribution in [0.3, 0.4) is 0 Å². The van der Waals surface area contributed by atoms with Gasteiger partial charge in [0.2, 0.25) is 5.16 Å². The number of nitrogens with zero attached hydrogens (tertiary/aromatic N) is 4. The molecule has 114 valence electrons. The van der Waals surface area contributed by atoms with Crippen LogP contribution >= 0.6 is 11.8 Å². The highest BCUT2D eigenvalue weighted by Gasteiger charge is 2.28. The van der Waals surface area contributed by atoms with Gasteiger partial charge in [-0.25, -0.2) is 9.69 Å². The zero-order chi connectivity index (χ0) is 15.5. The lowest BCUT2D eigenvalue weighted by atomic mass is 10.3. The third kappa shape index (κ3) is 2.99. The fourth-order valence-electron chi connectivity index (χ4n) is 2.11. The van der Waals surface area contributed by atoms with Crippen molar-refractivity contribution in [3.63, 3.8) is 0 Å². The molecule has 2 aromatic rings. The summed E-state index contributed by atoms with van der Waals surface area (Å²) < 4.78 is 7.44. The Kier molecular flexibility index (Phi) is 4.15. The first-order valence-corrected chi connectivity index (χ1v) is 7.83. The van der Waals surface area contributed by atoms with Crippen LogP contribution in [-0.2, 0) is 11.4 Å². The molecule has 1 aromatic carbocycles. The Hall–Kier alpha value is -2.28. The molecule has 2 heterocycles. The van der Waals surface area contributed by atoms with Gasteiger partial charge in [-0.1, -0.05) is 42.1 Å². The lowest BCUT2D eigenvalue weighted by Crippen LogP contribution is -2.46. The van der Waals surface area contributed by atoms with Gasteiger partial charge in [-0.3, -0.25) is 4.79 Å². The van der Waals surface area contributed by atoms with Gasteiger partial charge in [0.05, 0.1) is 12.3 Å². The maximum absolute atomic E-state index is 12.2. The number of aromatic nitrogens is 3. The Morgan fingerprint density at radius 1 is 1.36 bits per heavy atom. The predicted molar refractivity (Wildman–Crippen MR) is 84.4 cm³/mol. The van der Waals surface area contributed by atoms with Crippen molar-refractivity contribution in [1.82, 2.24) is 14.9 Å². The molecule has 0 saturated carbocycles. The van der Waals surface area contributed by atoms with E-state index in [1.807, 2.05) is 37.3 Å². The van der Waals surface area contributed by atoms with E-state index in [2.05, 4.69) is 16.8 Å². The summed E-state index contributed by atoms with van der Waals surface area (Å²) in [6, 6.07) is 9.48. The summed E-state index contributed by atoms with van der Waals surface area (Å²) in [5.74, 6) is 1.73. The van der Waals surface area contributed by atoms with Gasteiger partial charge in [0, 0.05) is 0 Å². The minimum absolute atomic E-state index is 0.0151. The molecule has 1 amide bonds. The topological polar surface area (TPSA) is 60.3 Å². The van der Waals surface area contributed by atoms with Gasteiger partial charge in [-0.05, 0) is 19.1 Å². The molecule has 0 spiro atoms. The molecule has 0 atom stereocenters. The Balaban J connectivity index is 1.83. The highest BCUT2D eigenvalue weighted by molar-refractivity contribution is 7.99. The van der Waals surface area contributed by atoms with Crippen molar-refractivity contribution < 1.29 is 9.53 Å². The molecule has 0 fully saturated rings. The van der Waals surface area contributed by atoms with Gasteiger partial charge in [-0.2, -0.15) is 0 Å². The Morgan fingerprint density at radius 3 is 2.86 bits per heavy atom. The van der Waals surface area contributed by atoms with E-state index in [1.165, 1.54) is 11.8 Å². The van der Waals surface area contributed by atoms with Crippen LogP contribution < -0.4 is 9.75 Å². The van der Waals surface area contributed by atoms with E-state index in [0.29, 0.717) is 23.3 Å². The first-order valence-electron chi connectivity index (χ1n) is 6.85. The molecular formula is C15H16N4O2S. The van der Waals surface area contributed by atoms with E-state index in [4.69, 9.17) is 4.74 Å². The standard InChI is InChI=1S/C15H16N4O2S/c1-11(2)8-18-14(20)10-22-15-17-16-13(19(15)18)9-21-12-6-4-3-5-7-12/h3-7H,1,8-10H2,2H3. The van der Waals surface area contributed by atoms with Crippen molar-refractivity contribution in [3.05, 3.63) is 48.3 Å². The smallest absolute Gasteiger partial charge is 0.252 e. The molecule has 1 aliphatic heterocycles. The molecule has 0 bridgehead atoms. The van der Waals surface area contributed by atoms with E-state index in [0.717, 1.165) is 11.3 Å². The summed E-state index contributed by atoms with van der Waals surface area (Å²) >= 11 is 1.38. The molecule has 7 heteroatoms. The molecule has 0 saturated heterocycles. The molecule has 6 nitrogen and oxygen atoms in total. The van der Waals surface area contributed by atoms with Crippen molar-refractivity contribution in [3.8, 4) is 5.75 Å². The number of carbonyl (C=O) groups excluding carboxylic acids is 1. The maximum atomic E-state index is 12.2. The average Bonchev–Trinajstić information content (AvgIpc) is 2.92. The molecule has 22 heavy (non-hydrogen) atoms. The molecule has 0 radical (unpaired) electrons. The number of thioether (sulfide) groups is 1. The summed E-state index contributed by atoms with van der Waals surface area (Å²) in [5.41, 5.74) is 0.898. The minimum atomic E-state index is 0.0151. The fraction of sp³-hybridized carbons (Fsp3) is 0.267. The average molecular weight is 316 g/mol. The second-order valence-electron chi connectivity index (χ2n) is 5.01. The number of carbonyl (C=O) groups is 1. The van der Waals surface area contributed by atoms with Crippen LogP contribution in [0.25, 0.3) is 0 Å². The minimum Gasteiger partial charge on any atom is -0.486 e. The van der Waals surface area contributed by atoms with Crippen LogP contribution in [0.2, 0.25) is 0 Å². The van der Waals surface area contributed by atoms with Crippen LogP contribution in [0.4, 0.5) is 0 Å². The molecule has 1 aliphatic rings. The van der Waals surface area contributed by atoms with Crippen molar-refractivity contribution in [1.29, 1.82) is 0 Å². The van der Waals surface area contributed by atoms with Gasteiger partial charge >= 0.3 is 0 Å². The van der Waals surface area contributed by atoms with Gasteiger partial charge in [-0.15, -0.1) is 10.2 Å². The zero-order valence-electron chi connectivity index (χ0n) is 12.2. The summed E-state index contributed by atoms with van der Waals surface area (Å²) in [6.07, 6.45) is 0. The fourth-order valence-corrected chi connectivity index (χ4v) is 2.94. The number of ether oxygens (including phenoxy) is 1. The molecule has 0 N–H and O–H groups in total. The molecule has 3 rings (SSSR count). The lowest BCUT2D eigenvalue weighted by Gasteiger charge is -2.29. The quantitative estimate of drug-likeness (QED) is 0.790. The van der Waals surface area contributed by atoms with E-state index in [-0.39, 0.29) is 12.5 Å². The monoisotopic (exact) mass is 316 g/mol. The number of hydrogen-bond acceptors (Lipinski definition) is 5. The van der Waals surface area contributed by atoms with Crippen LogP contribution in [0.5, 0.6) is 5.75 Å². The number of hydrogen-bond donors (Lipinski definition) is 0. The van der Waals surface area contributed by atoms with Gasteiger partial charge in [0.25, 0.3) is 5.91 Å². The number of fused-ring (bicyclic) bond motifs is 1. The van der Waals surface area contributed by atoms with Crippen LogP contribution in [-0.4, -0.2) is 33.1 Å². The van der Waals surface area contributed by atoms with Gasteiger partial charge in [0.15, 0.2) is 5.82 Å². The van der Waals surface area contributed by atoms with Crippen LogP contribution in [0, 0.1) is 0 Å². The molecular weight excluding hydrogens is 300 g/mol. The van der Waals surface area contributed by atoms with E-state index in [9.17, 15) is 4.79 Å². The summed E-state index contributed by atoms with van der Waals surface area (Å²) in [6.45, 7) is 6.46.